The SMILES string of the molecule is COCC(C)NC(=O)NC(CCCO)c1ccccc1. The number of rotatable bonds is 8. The Labute approximate surface area is 120 Å². The molecule has 2 amide bonds. The minimum atomic E-state index is -0.221. The zero-order valence-electron chi connectivity index (χ0n) is 12.1. The maximum absolute atomic E-state index is 11.9. The number of carbonyl (C=O) groups is 1. The van der Waals surface area contributed by atoms with Gasteiger partial charge in [-0.15, -0.1) is 0 Å². The Kier molecular flexibility index (Phi) is 7.69. The largest absolute Gasteiger partial charge is 0.396 e. The van der Waals surface area contributed by atoms with Crippen molar-refractivity contribution in [1.82, 2.24) is 10.6 Å². The summed E-state index contributed by atoms with van der Waals surface area (Å²) in [6, 6.07) is 9.39. The molecule has 0 spiro atoms. The van der Waals surface area contributed by atoms with E-state index in [1.54, 1.807) is 7.11 Å². The van der Waals surface area contributed by atoms with Gasteiger partial charge in [-0.1, -0.05) is 30.3 Å². The number of methoxy groups -OCH3 is 1. The summed E-state index contributed by atoms with van der Waals surface area (Å²) in [4.78, 5) is 11.9. The van der Waals surface area contributed by atoms with Crippen LogP contribution in [0.15, 0.2) is 30.3 Å². The van der Waals surface area contributed by atoms with Crippen molar-refractivity contribution in [2.24, 2.45) is 0 Å². The van der Waals surface area contributed by atoms with Crippen LogP contribution in [0.4, 0.5) is 4.79 Å². The fourth-order valence-corrected chi connectivity index (χ4v) is 2.02. The van der Waals surface area contributed by atoms with Crippen molar-refractivity contribution in [2.45, 2.75) is 31.8 Å². The van der Waals surface area contributed by atoms with Crippen LogP contribution in [0.2, 0.25) is 0 Å². The van der Waals surface area contributed by atoms with Gasteiger partial charge >= 0.3 is 6.03 Å². The number of urea groups is 1. The molecule has 0 aliphatic carbocycles. The average molecular weight is 280 g/mol. The molecular formula is C15H24N2O3. The fraction of sp³-hybridized carbons (Fsp3) is 0.533. The van der Waals surface area contributed by atoms with E-state index in [1.807, 2.05) is 37.3 Å². The first kappa shape index (κ1) is 16.5. The number of carbonyl (C=O) groups excluding carboxylic acids is 1. The summed E-state index contributed by atoms with van der Waals surface area (Å²) in [5.74, 6) is 0. The second-order valence-corrected chi connectivity index (χ2v) is 4.80. The highest BCUT2D eigenvalue weighted by Gasteiger charge is 2.15. The lowest BCUT2D eigenvalue weighted by Crippen LogP contribution is -2.44. The predicted molar refractivity (Wildman–Crippen MR) is 78.5 cm³/mol. The highest BCUT2D eigenvalue weighted by molar-refractivity contribution is 5.74. The van der Waals surface area contributed by atoms with Gasteiger partial charge in [0.2, 0.25) is 0 Å². The van der Waals surface area contributed by atoms with Crippen LogP contribution in [0, 0.1) is 0 Å². The molecule has 1 aromatic carbocycles. The molecule has 0 bridgehead atoms. The second-order valence-electron chi connectivity index (χ2n) is 4.80. The molecule has 0 radical (unpaired) electrons. The number of aliphatic hydroxyl groups is 1. The maximum atomic E-state index is 11.9. The van der Waals surface area contributed by atoms with Crippen LogP contribution in [0.3, 0.4) is 0 Å². The normalized spacial score (nSPS) is 13.6. The van der Waals surface area contributed by atoms with Gasteiger partial charge in [0.1, 0.15) is 0 Å². The van der Waals surface area contributed by atoms with Crippen molar-refractivity contribution in [3.8, 4) is 0 Å². The summed E-state index contributed by atoms with van der Waals surface area (Å²) in [5.41, 5.74) is 1.04. The van der Waals surface area contributed by atoms with Gasteiger partial charge in [0, 0.05) is 13.7 Å². The Hall–Kier alpha value is -1.59. The molecule has 112 valence electrons. The van der Waals surface area contributed by atoms with Gasteiger partial charge < -0.3 is 20.5 Å². The van der Waals surface area contributed by atoms with Gasteiger partial charge in [0.25, 0.3) is 0 Å². The number of benzene rings is 1. The van der Waals surface area contributed by atoms with Crippen molar-refractivity contribution in [3.05, 3.63) is 35.9 Å². The summed E-state index contributed by atoms with van der Waals surface area (Å²) in [6.07, 6.45) is 1.35. The Bertz CT molecular complexity index is 384. The highest BCUT2D eigenvalue weighted by atomic mass is 16.5. The van der Waals surface area contributed by atoms with Crippen LogP contribution in [0.5, 0.6) is 0 Å². The molecular weight excluding hydrogens is 256 g/mol. The highest BCUT2D eigenvalue weighted by Crippen LogP contribution is 2.17. The first-order valence-electron chi connectivity index (χ1n) is 6.89. The average Bonchev–Trinajstić information content (AvgIpc) is 2.44. The van der Waals surface area contributed by atoms with E-state index in [0.29, 0.717) is 19.4 Å². The van der Waals surface area contributed by atoms with E-state index in [0.717, 1.165) is 5.56 Å². The van der Waals surface area contributed by atoms with Crippen molar-refractivity contribution >= 4 is 6.03 Å². The van der Waals surface area contributed by atoms with Gasteiger partial charge in [-0.3, -0.25) is 0 Å². The van der Waals surface area contributed by atoms with E-state index in [9.17, 15) is 4.79 Å². The lowest BCUT2D eigenvalue weighted by Gasteiger charge is -2.21. The summed E-state index contributed by atoms with van der Waals surface area (Å²) in [6.45, 7) is 2.47. The van der Waals surface area contributed by atoms with Gasteiger partial charge in [-0.2, -0.15) is 0 Å². The minimum absolute atomic E-state index is 0.0470. The molecule has 0 aromatic heterocycles. The first-order valence-corrected chi connectivity index (χ1v) is 6.89. The van der Waals surface area contributed by atoms with E-state index < -0.39 is 0 Å². The zero-order chi connectivity index (χ0) is 14.8. The monoisotopic (exact) mass is 280 g/mol. The lowest BCUT2D eigenvalue weighted by atomic mass is 10.0. The summed E-state index contributed by atoms with van der Waals surface area (Å²) < 4.78 is 4.98. The molecule has 0 fully saturated rings. The summed E-state index contributed by atoms with van der Waals surface area (Å²) in [7, 11) is 1.60. The standard InChI is InChI=1S/C15H24N2O3/c1-12(11-20-2)16-15(19)17-14(9-6-10-18)13-7-4-3-5-8-13/h3-5,7-8,12,14,18H,6,9-11H2,1-2H3,(H2,16,17,19). The van der Waals surface area contributed by atoms with Gasteiger partial charge in [-0.25, -0.2) is 4.79 Å². The number of aliphatic hydroxyl groups excluding tert-OH is 1. The molecule has 2 atom stereocenters. The Morgan fingerprint density at radius 3 is 2.60 bits per heavy atom. The third kappa shape index (κ3) is 6.04. The van der Waals surface area contributed by atoms with Crippen molar-refractivity contribution < 1.29 is 14.6 Å². The molecule has 0 heterocycles. The second kappa shape index (κ2) is 9.34. The first-order chi connectivity index (χ1) is 9.67. The van der Waals surface area contributed by atoms with Crippen LogP contribution in [0.1, 0.15) is 31.4 Å². The topological polar surface area (TPSA) is 70.6 Å². The number of hydrogen-bond donors (Lipinski definition) is 3. The Balaban J connectivity index is 2.58. The smallest absolute Gasteiger partial charge is 0.315 e. The Morgan fingerprint density at radius 1 is 1.30 bits per heavy atom. The van der Waals surface area contributed by atoms with Crippen LogP contribution >= 0.6 is 0 Å². The van der Waals surface area contributed by atoms with E-state index in [1.165, 1.54) is 0 Å². The molecule has 2 unspecified atom stereocenters. The van der Waals surface area contributed by atoms with Gasteiger partial charge in [0.15, 0.2) is 0 Å². The molecule has 0 aliphatic heterocycles. The molecule has 5 nitrogen and oxygen atoms in total. The molecule has 1 aromatic rings. The van der Waals surface area contributed by atoms with E-state index in [4.69, 9.17) is 9.84 Å². The van der Waals surface area contributed by atoms with Crippen LogP contribution < -0.4 is 10.6 Å². The van der Waals surface area contributed by atoms with Crippen molar-refractivity contribution in [3.63, 3.8) is 0 Å². The third-order valence-electron chi connectivity index (χ3n) is 2.95. The minimum Gasteiger partial charge on any atom is -0.396 e. The number of hydrogen-bond acceptors (Lipinski definition) is 3. The predicted octanol–water partition coefficient (Wildman–Crippen LogP) is 1.83. The third-order valence-corrected chi connectivity index (χ3v) is 2.95. The van der Waals surface area contributed by atoms with Gasteiger partial charge in [0.05, 0.1) is 18.7 Å². The Morgan fingerprint density at radius 2 is 2.00 bits per heavy atom. The molecule has 0 saturated carbocycles. The molecule has 20 heavy (non-hydrogen) atoms. The number of ether oxygens (including phenoxy) is 1. The maximum Gasteiger partial charge on any atom is 0.315 e. The van der Waals surface area contributed by atoms with Crippen LogP contribution in [-0.2, 0) is 4.74 Å². The quantitative estimate of drug-likeness (QED) is 0.680. The van der Waals surface area contributed by atoms with Crippen molar-refractivity contribution in [1.29, 1.82) is 0 Å². The molecule has 3 N–H and O–H groups in total. The number of amides is 2. The van der Waals surface area contributed by atoms with E-state index in [-0.39, 0.29) is 24.7 Å². The van der Waals surface area contributed by atoms with Crippen LogP contribution in [0.25, 0.3) is 0 Å². The molecule has 0 aliphatic rings. The molecule has 0 saturated heterocycles. The summed E-state index contributed by atoms with van der Waals surface area (Å²) in [5, 5.41) is 14.7. The van der Waals surface area contributed by atoms with Crippen LogP contribution in [-0.4, -0.2) is 37.5 Å². The summed E-state index contributed by atoms with van der Waals surface area (Å²) >= 11 is 0. The van der Waals surface area contributed by atoms with Crippen molar-refractivity contribution in [2.75, 3.05) is 20.3 Å². The molecule has 5 heteroatoms. The molecule has 1 rings (SSSR count). The van der Waals surface area contributed by atoms with Gasteiger partial charge in [-0.05, 0) is 25.3 Å². The zero-order valence-corrected chi connectivity index (χ0v) is 12.1. The van der Waals surface area contributed by atoms with E-state index in [2.05, 4.69) is 10.6 Å². The lowest BCUT2D eigenvalue weighted by molar-refractivity contribution is 0.170. The number of nitrogens with one attached hydrogen (secondary N) is 2. The fourth-order valence-electron chi connectivity index (χ4n) is 2.02. The van der Waals surface area contributed by atoms with E-state index >= 15 is 0 Å².